The highest BCUT2D eigenvalue weighted by Crippen LogP contribution is 2.36. The summed E-state index contributed by atoms with van der Waals surface area (Å²) in [6, 6.07) is 9.71. The predicted molar refractivity (Wildman–Crippen MR) is 110 cm³/mol. The molecule has 2 aliphatic rings. The Bertz CT molecular complexity index is 1060. The monoisotopic (exact) mass is 456 g/mol. The van der Waals surface area contributed by atoms with Gasteiger partial charge in [0.2, 0.25) is 5.91 Å². The summed E-state index contributed by atoms with van der Waals surface area (Å²) in [4.78, 5) is 14.8. The predicted octanol–water partition coefficient (Wildman–Crippen LogP) is 3.21. The van der Waals surface area contributed by atoms with Crippen molar-refractivity contribution in [3.8, 4) is 11.5 Å². The van der Waals surface area contributed by atoms with Gasteiger partial charge in [0.05, 0.1) is 6.42 Å². The molecule has 0 radical (unpaired) electrons. The molecule has 1 aromatic carbocycles. The van der Waals surface area contributed by atoms with Crippen LogP contribution in [0, 0.1) is 0 Å². The highest BCUT2D eigenvalue weighted by atomic mass is 79.9. The molecule has 0 spiro atoms. The van der Waals surface area contributed by atoms with Crippen LogP contribution in [0.2, 0.25) is 0 Å². The zero-order valence-electron chi connectivity index (χ0n) is 15.9. The van der Waals surface area contributed by atoms with Crippen LogP contribution in [0.1, 0.15) is 30.1 Å². The Morgan fingerprint density at radius 3 is 2.66 bits per heavy atom. The summed E-state index contributed by atoms with van der Waals surface area (Å²) in [6.45, 7) is 2.54. The fraction of sp³-hybridized carbons (Fsp3) is 0.381. The lowest BCUT2D eigenvalue weighted by Gasteiger charge is -2.31. The van der Waals surface area contributed by atoms with Gasteiger partial charge in [0, 0.05) is 29.7 Å². The molecule has 1 fully saturated rings. The number of carbonyl (C=O) groups excluding carboxylic acids is 1. The summed E-state index contributed by atoms with van der Waals surface area (Å²) in [5.74, 6) is 2.87. The van der Waals surface area contributed by atoms with E-state index in [-0.39, 0.29) is 5.91 Å². The van der Waals surface area contributed by atoms with Crippen LogP contribution in [0.3, 0.4) is 0 Å². The number of piperidine rings is 1. The van der Waals surface area contributed by atoms with Crippen LogP contribution in [0.5, 0.6) is 11.5 Å². The molecule has 150 valence electrons. The van der Waals surface area contributed by atoms with Crippen LogP contribution in [-0.2, 0) is 11.2 Å². The second-order valence-electron chi connectivity index (χ2n) is 7.41. The lowest BCUT2D eigenvalue weighted by Crippen LogP contribution is -2.39. The van der Waals surface area contributed by atoms with E-state index >= 15 is 0 Å². The van der Waals surface area contributed by atoms with Crippen LogP contribution in [0.25, 0.3) is 5.65 Å². The van der Waals surface area contributed by atoms with E-state index in [2.05, 4.69) is 30.5 Å². The van der Waals surface area contributed by atoms with Crippen LogP contribution < -0.4 is 9.47 Å². The topological polar surface area (TPSA) is 69.0 Å². The molecule has 2 aliphatic heterocycles. The average molecular weight is 457 g/mol. The zero-order chi connectivity index (χ0) is 19.8. The SMILES string of the molecule is O=C(Cc1cc2c(cc1Br)OCCO2)N1CCC(c2nnc3ccccn23)CC1. The average Bonchev–Trinajstić information content (AvgIpc) is 3.18. The van der Waals surface area contributed by atoms with Gasteiger partial charge in [-0.2, -0.15) is 0 Å². The molecule has 5 rings (SSSR count). The quantitative estimate of drug-likeness (QED) is 0.605. The van der Waals surface area contributed by atoms with Crippen molar-refractivity contribution in [3.63, 3.8) is 0 Å². The Morgan fingerprint density at radius 1 is 1.10 bits per heavy atom. The summed E-state index contributed by atoms with van der Waals surface area (Å²) in [5, 5.41) is 8.64. The number of benzene rings is 1. The first-order valence-corrected chi connectivity index (χ1v) is 10.6. The highest BCUT2D eigenvalue weighted by molar-refractivity contribution is 9.10. The van der Waals surface area contributed by atoms with Gasteiger partial charge >= 0.3 is 0 Å². The van der Waals surface area contributed by atoms with Crippen molar-refractivity contribution < 1.29 is 14.3 Å². The van der Waals surface area contributed by atoms with Gasteiger partial charge in [0.25, 0.3) is 0 Å². The number of rotatable bonds is 3. The molecule has 0 unspecified atom stereocenters. The number of aromatic nitrogens is 3. The summed E-state index contributed by atoms with van der Waals surface area (Å²) >= 11 is 3.56. The first kappa shape index (κ1) is 18.4. The standard InChI is InChI=1S/C21H21BrN4O3/c22-16-13-18-17(28-9-10-29-18)11-15(16)12-20(27)25-7-4-14(5-8-25)21-24-23-19-3-1-2-6-26(19)21/h1-3,6,11,13-14H,4-5,7-10,12H2. The van der Waals surface area contributed by atoms with E-state index in [0.29, 0.717) is 31.3 Å². The molecule has 0 saturated carbocycles. The van der Waals surface area contributed by atoms with Gasteiger partial charge in [-0.25, -0.2) is 0 Å². The maximum absolute atomic E-state index is 12.9. The molecule has 1 amide bonds. The van der Waals surface area contributed by atoms with Crippen molar-refractivity contribution in [2.75, 3.05) is 26.3 Å². The minimum Gasteiger partial charge on any atom is -0.486 e. The van der Waals surface area contributed by atoms with Crippen LogP contribution in [0.15, 0.2) is 41.0 Å². The number of pyridine rings is 1. The number of ether oxygens (including phenoxy) is 2. The third kappa shape index (κ3) is 3.57. The zero-order valence-corrected chi connectivity index (χ0v) is 17.5. The van der Waals surface area contributed by atoms with Crippen molar-refractivity contribution in [2.45, 2.75) is 25.2 Å². The molecule has 0 aliphatic carbocycles. The highest BCUT2D eigenvalue weighted by Gasteiger charge is 2.27. The minimum absolute atomic E-state index is 0.131. The smallest absolute Gasteiger partial charge is 0.227 e. The van der Waals surface area contributed by atoms with Gasteiger partial charge < -0.3 is 14.4 Å². The molecule has 29 heavy (non-hydrogen) atoms. The lowest BCUT2D eigenvalue weighted by molar-refractivity contribution is -0.131. The molecule has 0 N–H and O–H groups in total. The molecular weight excluding hydrogens is 436 g/mol. The number of likely N-dealkylation sites (tertiary alicyclic amines) is 1. The van der Waals surface area contributed by atoms with Crippen molar-refractivity contribution in [2.24, 2.45) is 0 Å². The summed E-state index contributed by atoms with van der Waals surface area (Å²) in [7, 11) is 0. The molecule has 2 aromatic heterocycles. The van der Waals surface area contributed by atoms with E-state index < -0.39 is 0 Å². The van der Waals surface area contributed by atoms with Crippen molar-refractivity contribution in [3.05, 3.63) is 52.4 Å². The number of hydrogen-bond acceptors (Lipinski definition) is 5. The fourth-order valence-electron chi connectivity index (χ4n) is 4.04. The molecule has 0 atom stereocenters. The Morgan fingerprint density at radius 2 is 1.86 bits per heavy atom. The second kappa shape index (κ2) is 7.67. The third-order valence-corrected chi connectivity index (χ3v) is 6.34. The summed E-state index contributed by atoms with van der Waals surface area (Å²) in [5.41, 5.74) is 1.79. The first-order valence-electron chi connectivity index (χ1n) is 9.84. The number of nitrogens with zero attached hydrogens (tertiary/aromatic N) is 4. The van der Waals surface area contributed by atoms with E-state index in [1.807, 2.05) is 41.4 Å². The van der Waals surface area contributed by atoms with Gasteiger partial charge in [0.15, 0.2) is 17.1 Å². The summed E-state index contributed by atoms with van der Waals surface area (Å²) < 4.78 is 14.2. The van der Waals surface area contributed by atoms with E-state index in [1.54, 1.807) is 0 Å². The largest absolute Gasteiger partial charge is 0.486 e. The number of amides is 1. The maximum atomic E-state index is 12.9. The van der Waals surface area contributed by atoms with Gasteiger partial charge in [-0.05, 0) is 42.7 Å². The molecular formula is C21H21BrN4O3. The van der Waals surface area contributed by atoms with Crippen molar-refractivity contribution in [1.82, 2.24) is 19.5 Å². The van der Waals surface area contributed by atoms with Crippen LogP contribution in [0.4, 0.5) is 0 Å². The van der Waals surface area contributed by atoms with Crippen molar-refractivity contribution >= 4 is 27.5 Å². The Kier molecular flexibility index (Phi) is 4.87. The van der Waals surface area contributed by atoms with Crippen LogP contribution >= 0.6 is 15.9 Å². The van der Waals surface area contributed by atoms with Gasteiger partial charge in [-0.15, -0.1) is 10.2 Å². The number of halogens is 1. The van der Waals surface area contributed by atoms with Crippen LogP contribution in [-0.4, -0.2) is 51.7 Å². The minimum atomic E-state index is 0.131. The molecule has 4 heterocycles. The maximum Gasteiger partial charge on any atom is 0.227 e. The van der Waals surface area contributed by atoms with Gasteiger partial charge in [0.1, 0.15) is 19.0 Å². The summed E-state index contributed by atoms with van der Waals surface area (Å²) in [6.07, 6.45) is 4.13. The van der Waals surface area contributed by atoms with Crippen molar-refractivity contribution in [1.29, 1.82) is 0 Å². The number of carbonyl (C=O) groups is 1. The Balaban J connectivity index is 1.25. The first-order chi connectivity index (χ1) is 14.2. The molecule has 8 heteroatoms. The van der Waals surface area contributed by atoms with E-state index in [9.17, 15) is 4.79 Å². The van der Waals surface area contributed by atoms with E-state index in [4.69, 9.17) is 9.47 Å². The molecule has 7 nitrogen and oxygen atoms in total. The van der Waals surface area contributed by atoms with Gasteiger partial charge in [-0.1, -0.05) is 22.0 Å². The number of hydrogen-bond donors (Lipinski definition) is 0. The molecule has 0 bridgehead atoms. The number of fused-ring (bicyclic) bond motifs is 2. The second-order valence-corrected chi connectivity index (χ2v) is 8.26. The van der Waals surface area contributed by atoms with E-state index in [1.165, 1.54) is 0 Å². The third-order valence-electron chi connectivity index (χ3n) is 5.61. The Hall–Kier alpha value is -2.61. The lowest BCUT2D eigenvalue weighted by atomic mass is 9.95. The normalized spacial score (nSPS) is 16.9. The van der Waals surface area contributed by atoms with E-state index in [0.717, 1.165) is 53.2 Å². The van der Waals surface area contributed by atoms with Gasteiger partial charge in [-0.3, -0.25) is 9.20 Å². The fourth-order valence-corrected chi connectivity index (χ4v) is 4.50. The Labute approximate surface area is 176 Å². The molecule has 1 saturated heterocycles. The molecule has 3 aromatic rings.